The van der Waals surface area contributed by atoms with Gasteiger partial charge in [0, 0.05) is 5.69 Å². The third-order valence-electron chi connectivity index (χ3n) is 3.26. The number of hydrogen-bond donors (Lipinski definition) is 1. The zero-order chi connectivity index (χ0) is 13.8. The van der Waals surface area contributed by atoms with Crippen LogP contribution in [-0.4, -0.2) is 31.6 Å². The van der Waals surface area contributed by atoms with E-state index in [0.29, 0.717) is 5.69 Å². The van der Waals surface area contributed by atoms with Crippen molar-refractivity contribution in [2.24, 2.45) is 11.7 Å². The molecule has 1 aliphatic rings. The minimum absolute atomic E-state index is 0. The van der Waals surface area contributed by atoms with Crippen molar-refractivity contribution in [1.29, 1.82) is 0 Å². The Hall–Kier alpha value is -1.59. The number of esters is 1. The number of rotatable bonds is 5. The molecular weight excluding hydrogens is 280 g/mol. The summed E-state index contributed by atoms with van der Waals surface area (Å²) in [6.45, 7) is -0.111. The van der Waals surface area contributed by atoms with Crippen LogP contribution in [0.25, 0.3) is 0 Å². The van der Waals surface area contributed by atoms with E-state index in [0.717, 1.165) is 12.8 Å². The summed E-state index contributed by atoms with van der Waals surface area (Å²) in [4.78, 5) is 25.2. The molecule has 1 fully saturated rings. The smallest absolute Gasteiger partial charge is 0.325 e. The molecule has 1 atom stereocenters. The van der Waals surface area contributed by atoms with Gasteiger partial charge in [-0.2, -0.15) is 0 Å². The quantitative estimate of drug-likeness (QED) is 0.833. The fourth-order valence-corrected chi connectivity index (χ4v) is 1.93. The molecule has 2 rings (SSSR count). The Morgan fingerprint density at radius 2 is 1.95 bits per heavy atom. The highest BCUT2D eigenvalue weighted by Crippen LogP contribution is 2.32. The van der Waals surface area contributed by atoms with Gasteiger partial charge in [0.2, 0.25) is 5.91 Å². The van der Waals surface area contributed by atoms with Gasteiger partial charge in [-0.25, -0.2) is 0 Å². The first-order valence-electron chi connectivity index (χ1n) is 6.32. The normalized spacial score (nSPS) is 14.9. The summed E-state index contributed by atoms with van der Waals surface area (Å²) in [6, 6.07) is 8.50. The third-order valence-corrected chi connectivity index (χ3v) is 3.26. The van der Waals surface area contributed by atoms with Gasteiger partial charge in [0.15, 0.2) is 0 Å². The topological polar surface area (TPSA) is 72.6 Å². The molecule has 1 amide bonds. The van der Waals surface area contributed by atoms with E-state index in [2.05, 4.69) is 4.74 Å². The molecule has 0 heterocycles. The first kappa shape index (κ1) is 16.5. The molecule has 6 heteroatoms. The standard InChI is InChI=1S/C14H18N2O3.ClH/c1-19-12(17)9-16(11-5-3-2-4-6-11)14(18)13(15)10-7-8-10;/h2-6,10,13H,7-9,15H2,1H3;1H/t13-;/m0./s1. The first-order chi connectivity index (χ1) is 9.13. The zero-order valence-corrected chi connectivity index (χ0v) is 12.1. The second kappa shape index (κ2) is 7.26. The van der Waals surface area contributed by atoms with Gasteiger partial charge < -0.3 is 10.5 Å². The van der Waals surface area contributed by atoms with Crippen molar-refractivity contribution >= 4 is 30.0 Å². The van der Waals surface area contributed by atoms with Gasteiger partial charge in [0.25, 0.3) is 0 Å². The van der Waals surface area contributed by atoms with Crippen LogP contribution in [0.3, 0.4) is 0 Å². The molecule has 0 bridgehead atoms. The fourth-order valence-electron chi connectivity index (χ4n) is 1.93. The van der Waals surface area contributed by atoms with E-state index in [1.807, 2.05) is 18.2 Å². The number of carbonyl (C=O) groups is 2. The lowest BCUT2D eigenvalue weighted by atomic mass is 10.1. The Morgan fingerprint density at radius 3 is 2.45 bits per heavy atom. The Balaban J connectivity index is 0.00000200. The average Bonchev–Trinajstić information content (AvgIpc) is 3.28. The highest BCUT2D eigenvalue weighted by Gasteiger charge is 2.36. The predicted molar refractivity (Wildman–Crippen MR) is 78.8 cm³/mol. The van der Waals surface area contributed by atoms with Gasteiger partial charge in [0.1, 0.15) is 6.54 Å². The molecule has 5 nitrogen and oxygen atoms in total. The number of hydrogen-bond acceptors (Lipinski definition) is 4. The van der Waals surface area contributed by atoms with Gasteiger partial charge >= 0.3 is 5.97 Å². The fraction of sp³-hybridized carbons (Fsp3) is 0.429. The van der Waals surface area contributed by atoms with Crippen LogP contribution in [0.2, 0.25) is 0 Å². The van der Waals surface area contributed by atoms with E-state index in [1.165, 1.54) is 12.0 Å². The summed E-state index contributed by atoms with van der Waals surface area (Å²) in [5, 5.41) is 0. The molecule has 1 aromatic rings. The number of ether oxygens (including phenoxy) is 1. The maximum atomic E-state index is 12.4. The maximum absolute atomic E-state index is 12.4. The van der Waals surface area contributed by atoms with Crippen molar-refractivity contribution in [3.8, 4) is 0 Å². The molecule has 0 unspecified atom stereocenters. The van der Waals surface area contributed by atoms with E-state index in [4.69, 9.17) is 5.73 Å². The molecule has 0 aliphatic heterocycles. The second-order valence-electron chi connectivity index (χ2n) is 4.70. The van der Waals surface area contributed by atoms with Crippen LogP contribution in [0.1, 0.15) is 12.8 Å². The highest BCUT2D eigenvalue weighted by molar-refractivity contribution is 6.00. The second-order valence-corrected chi connectivity index (χ2v) is 4.70. The van der Waals surface area contributed by atoms with Crippen LogP contribution < -0.4 is 10.6 Å². The summed E-state index contributed by atoms with van der Waals surface area (Å²) in [5.41, 5.74) is 6.60. The van der Waals surface area contributed by atoms with Crippen molar-refractivity contribution < 1.29 is 14.3 Å². The number of anilines is 1. The Bertz CT molecular complexity index is 463. The molecule has 2 N–H and O–H groups in total. The molecule has 1 aromatic carbocycles. The highest BCUT2D eigenvalue weighted by atomic mass is 35.5. The summed E-state index contributed by atoms with van der Waals surface area (Å²) >= 11 is 0. The molecule has 0 saturated heterocycles. The molecule has 1 saturated carbocycles. The minimum atomic E-state index is -0.537. The van der Waals surface area contributed by atoms with Gasteiger partial charge in [-0.1, -0.05) is 18.2 Å². The first-order valence-corrected chi connectivity index (χ1v) is 6.32. The van der Waals surface area contributed by atoms with Crippen LogP contribution in [0.15, 0.2) is 30.3 Å². The monoisotopic (exact) mass is 298 g/mol. The van der Waals surface area contributed by atoms with Gasteiger partial charge in [-0.05, 0) is 30.9 Å². The minimum Gasteiger partial charge on any atom is -0.468 e. The Labute approximate surface area is 124 Å². The van der Waals surface area contributed by atoms with Crippen molar-refractivity contribution in [2.75, 3.05) is 18.6 Å². The van der Waals surface area contributed by atoms with E-state index in [1.54, 1.807) is 12.1 Å². The number of nitrogens with zero attached hydrogens (tertiary/aromatic N) is 1. The lowest BCUT2D eigenvalue weighted by molar-refractivity contribution is -0.140. The number of nitrogens with two attached hydrogens (primary N) is 1. The Kier molecular flexibility index (Phi) is 5.98. The van der Waals surface area contributed by atoms with Crippen LogP contribution in [0.4, 0.5) is 5.69 Å². The summed E-state index contributed by atoms with van der Waals surface area (Å²) in [7, 11) is 1.30. The van der Waals surface area contributed by atoms with Crippen molar-refractivity contribution in [3.05, 3.63) is 30.3 Å². The van der Waals surface area contributed by atoms with E-state index < -0.39 is 12.0 Å². The van der Waals surface area contributed by atoms with Crippen molar-refractivity contribution in [3.63, 3.8) is 0 Å². The van der Waals surface area contributed by atoms with Crippen LogP contribution >= 0.6 is 12.4 Å². The molecule has 0 aromatic heterocycles. The van der Waals surface area contributed by atoms with E-state index in [9.17, 15) is 9.59 Å². The average molecular weight is 299 g/mol. The van der Waals surface area contributed by atoms with E-state index >= 15 is 0 Å². The maximum Gasteiger partial charge on any atom is 0.325 e. The largest absolute Gasteiger partial charge is 0.468 e. The van der Waals surface area contributed by atoms with E-state index in [-0.39, 0.29) is 30.8 Å². The van der Waals surface area contributed by atoms with Gasteiger partial charge in [-0.15, -0.1) is 12.4 Å². The van der Waals surface area contributed by atoms with Crippen LogP contribution in [0, 0.1) is 5.92 Å². The van der Waals surface area contributed by atoms with Gasteiger partial charge in [0.05, 0.1) is 13.2 Å². The molecule has 0 spiro atoms. The van der Waals surface area contributed by atoms with Crippen LogP contribution in [-0.2, 0) is 14.3 Å². The lowest BCUT2D eigenvalue weighted by Gasteiger charge is -2.24. The molecule has 0 radical (unpaired) electrons. The number of methoxy groups -OCH3 is 1. The molecule has 1 aliphatic carbocycles. The summed E-state index contributed by atoms with van der Waals surface area (Å²) in [5.74, 6) is -0.435. The number of halogens is 1. The third kappa shape index (κ3) is 3.95. The molecule has 20 heavy (non-hydrogen) atoms. The summed E-state index contributed by atoms with van der Waals surface area (Å²) in [6.07, 6.45) is 1.96. The van der Waals surface area contributed by atoms with Crippen molar-refractivity contribution in [1.82, 2.24) is 0 Å². The SMILES string of the molecule is COC(=O)CN(C(=O)[C@@H](N)C1CC1)c1ccccc1.Cl. The molecular formula is C14H19ClN2O3. The van der Waals surface area contributed by atoms with Crippen molar-refractivity contribution in [2.45, 2.75) is 18.9 Å². The number of amides is 1. The number of para-hydroxylation sites is 1. The zero-order valence-electron chi connectivity index (χ0n) is 11.3. The molecule has 110 valence electrons. The van der Waals surface area contributed by atoms with Crippen LogP contribution in [0.5, 0.6) is 0 Å². The lowest BCUT2D eigenvalue weighted by Crippen LogP contribution is -2.47. The van der Waals surface area contributed by atoms with Gasteiger partial charge in [-0.3, -0.25) is 14.5 Å². The predicted octanol–water partition coefficient (Wildman–Crippen LogP) is 1.35. The number of benzene rings is 1. The summed E-state index contributed by atoms with van der Waals surface area (Å²) < 4.78 is 4.63. The Morgan fingerprint density at radius 1 is 1.35 bits per heavy atom. The number of carbonyl (C=O) groups excluding carboxylic acids is 2.